The van der Waals surface area contributed by atoms with Gasteiger partial charge in [0.15, 0.2) is 5.96 Å². The number of hydrogen-bond donors (Lipinski definition) is 2. The van der Waals surface area contributed by atoms with Crippen molar-refractivity contribution in [2.75, 3.05) is 7.05 Å². The van der Waals surface area contributed by atoms with Crippen molar-refractivity contribution in [2.24, 2.45) is 4.99 Å². The monoisotopic (exact) mass is 245 g/mol. The van der Waals surface area contributed by atoms with Crippen molar-refractivity contribution in [3.63, 3.8) is 0 Å². The van der Waals surface area contributed by atoms with Crippen LogP contribution in [0.4, 0.5) is 0 Å². The third-order valence-electron chi connectivity index (χ3n) is 3.35. The lowest BCUT2D eigenvalue weighted by molar-refractivity contribution is 0.695. The summed E-state index contributed by atoms with van der Waals surface area (Å²) in [6, 6.07) is 9.58. The Labute approximate surface area is 110 Å². The van der Waals surface area contributed by atoms with Crippen LogP contribution in [0.3, 0.4) is 0 Å². The Morgan fingerprint density at radius 3 is 2.67 bits per heavy atom. The maximum Gasteiger partial charge on any atom is 0.191 e. The van der Waals surface area contributed by atoms with Crippen LogP contribution in [0.25, 0.3) is 0 Å². The zero-order valence-electron chi connectivity index (χ0n) is 11.7. The van der Waals surface area contributed by atoms with Gasteiger partial charge in [0.1, 0.15) is 0 Å². The molecule has 0 amide bonds. The van der Waals surface area contributed by atoms with Gasteiger partial charge in [0.05, 0.1) is 0 Å². The van der Waals surface area contributed by atoms with Gasteiger partial charge in [-0.05, 0) is 38.3 Å². The van der Waals surface area contributed by atoms with Crippen molar-refractivity contribution >= 4 is 5.96 Å². The van der Waals surface area contributed by atoms with Crippen LogP contribution >= 0.6 is 0 Å². The fourth-order valence-electron chi connectivity index (χ4n) is 2.32. The van der Waals surface area contributed by atoms with E-state index in [1.54, 1.807) is 0 Å². The molecule has 0 aliphatic heterocycles. The highest BCUT2D eigenvalue weighted by molar-refractivity contribution is 5.80. The van der Waals surface area contributed by atoms with Gasteiger partial charge in [-0.1, -0.05) is 24.3 Å². The molecule has 2 atom stereocenters. The molecule has 1 aliphatic rings. The van der Waals surface area contributed by atoms with Gasteiger partial charge in [0.2, 0.25) is 0 Å². The first-order valence-electron chi connectivity index (χ1n) is 6.67. The van der Waals surface area contributed by atoms with E-state index < -0.39 is 0 Å². The molecule has 1 aromatic rings. The van der Waals surface area contributed by atoms with Crippen molar-refractivity contribution in [1.29, 1.82) is 0 Å². The number of nitrogens with zero attached hydrogens (tertiary/aromatic N) is 1. The summed E-state index contributed by atoms with van der Waals surface area (Å²) in [4.78, 5) is 4.25. The number of guanidine groups is 1. The summed E-state index contributed by atoms with van der Waals surface area (Å²) in [5.41, 5.74) is 2.86. The highest BCUT2D eigenvalue weighted by Gasteiger charge is 2.39. The minimum atomic E-state index is 0.409. The van der Waals surface area contributed by atoms with E-state index in [2.05, 4.69) is 60.7 Å². The van der Waals surface area contributed by atoms with Gasteiger partial charge in [0, 0.05) is 25.0 Å². The fourth-order valence-corrected chi connectivity index (χ4v) is 2.32. The minimum absolute atomic E-state index is 0.409. The molecule has 1 fully saturated rings. The number of nitrogens with one attached hydrogen (secondary N) is 2. The van der Waals surface area contributed by atoms with Crippen molar-refractivity contribution in [3.05, 3.63) is 35.4 Å². The van der Waals surface area contributed by atoms with Gasteiger partial charge in [-0.3, -0.25) is 4.99 Å². The first kappa shape index (κ1) is 12.9. The molecule has 1 aliphatic carbocycles. The van der Waals surface area contributed by atoms with Gasteiger partial charge in [-0.25, -0.2) is 0 Å². The largest absolute Gasteiger partial charge is 0.354 e. The topological polar surface area (TPSA) is 36.4 Å². The lowest BCUT2D eigenvalue weighted by Crippen LogP contribution is -2.42. The molecule has 3 heteroatoms. The van der Waals surface area contributed by atoms with Crippen LogP contribution in [0.5, 0.6) is 0 Å². The van der Waals surface area contributed by atoms with Gasteiger partial charge in [0.25, 0.3) is 0 Å². The Morgan fingerprint density at radius 2 is 2.06 bits per heavy atom. The van der Waals surface area contributed by atoms with E-state index in [1.807, 2.05) is 7.05 Å². The van der Waals surface area contributed by atoms with E-state index in [-0.39, 0.29) is 0 Å². The van der Waals surface area contributed by atoms with Crippen molar-refractivity contribution < 1.29 is 0 Å². The maximum atomic E-state index is 4.25. The lowest BCUT2D eigenvalue weighted by atomic mass is 10.0. The van der Waals surface area contributed by atoms with Crippen molar-refractivity contribution in [1.82, 2.24) is 10.6 Å². The van der Waals surface area contributed by atoms with Gasteiger partial charge in [-0.15, -0.1) is 0 Å². The molecule has 98 valence electrons. The molecule has 2 unspecified atom stereocenters. The van der Waals surface area contributed by atoms with Crippen LogP contribution in [0, 0.1) is 6.92 Å². The molecular weight excluding hydrogens is 222 g/mol. The molecule has 1 saturated carbocycles. The summed E-state index contributed by atoms with van der Waals surface area (Å²) in [6.07, 6.45) is 1.20. The summed E-state index contributed by atoms with van der Waals surface area (Å²) in [6.45, 7) is 6.43. The molecule has 0 bridgehead atoms. The second-order valence-electron chi connectivity index (χ2n) is 5.32. The van der Waals surface area contributed by atoms with Crippen molar-refractivity contribution in [2.45, 2.75) is 45.2 Å². The highest BCUT2D eigenvalue weighted by Crippen LogP contribution is 2.41. The van der Waals surface area contributed by atoms with Gasteiger partial charge < -0.3 is 10.6 Å². The normalized spacial score (nSPS) is 23.1. The Balaban J connectivity index is 1.94. The average Bonchev–Trinajstić information content (AvgIpc) is 3.07. The Bertz CT molecular complexity index is 437. The van der Waals surface area contributed by atoms with Gasteiger partial charge in [-0.2, -0.15) is 0 Å². The van der Waals surface area contributed by atoms with E-state index in [9.17, 15) is 0 Å². The first-order valence-corrected chi connectivity index (χ1v) is 6.67. The molecular formula is C15H23N3. The molecule has 0 spiro atoms. The quantitative estimate of drug-likeness (QED) is 0.634. The first-order chi connectivity index (χ1) is 8.61. The smallest absolute Gasteiger partial charge is 0.191 e. The standard InChI is InChI=1S/C15H23N3/c1-10(2)17-15(16-4)18-14-9-13(14)12-8-6-5-7-11(12)3/h5-8,10,13-14H,9H2,1-4H3,(H2,16,17,18). The van der Waals surface area contributed by atoms with Crippen LogP contribution in [-0.4, -0.2) is 25.1 Å². The second kappa shape index (κ2) is 5.42. The Hall–Kier alpha value is -1.51. The van der Waals surface area contributed by atoms with Crippen LogP contribution in [0.15, 0.2) is 29.3 Å². The molecule has 2 rings (SSSR count). The second-order valence-corrected chi connectivity index (χ2v) is 5.32. The Morgan fingerprint density at radius 1 is 1.33 bits per heavy atom. The van der Waals surface area contributed by atoms with Gasteiger partial charge >= 0.3 is 0 Å². The molecule has 2 N–H and O–H groups in total. The molecule has 18 heavy (non-hydrogen) atoms. The average molecular weight is 245 g/mol. The van der Waals surface area contributed by atoms with E-state index in [4.69, 9.17) is 0 Å². The van der Waals surface area contributed by atoms with E-state index in [0.29, 0.717) is 18.0 Å². The SMILES string of the molecule is CN=C(NC(C)C)NC1CC1c1ccccc1C. The number of aliphatic imine (C=N–C) groups is 1. The summed E-state index contributed by atoms with van der Waals surface area (Å²) in [5.74, 6) is 1.54. The van der Waals surface area contributed by atoms with E-state index >= 15 is 0 Å². The molecule has 0 radical (unpaired) electrons. The number of rotatable bonds is 3. The molecule has 0 heterocycles. The number of benzene rings is 1. The molecule has 0 aromatic heterocycles. The summed E-state index contributed by atoms with van der Waals surface area (Å²) >= 11 is 0. The predicted molar refractivity (Wildman–Crippen MR) is 77.1 cm³/mol. The lowest BCUT2D eigenvalue weighted by Gasteiger charge is -2.14. The van der Waals surface area contributed by atoms with E-state index in [0.717, 1.165) is 5.96 Å². The van der Waals surface area contributed by atoms with Crippen LogP contribution in [0.1, 0.15) is 37.3 Å². The van der Waals surface area contributed by atoms with E-state index in [1.165, 1.54) is 17.5 Å². The molecule has 0 saturated heterocycles. The third kappa shape index (κ3) is 3.03. The summed E-state index contributed by atoms with van der Waals surface area (Å²) < 4.78 is 0. The van der Waals surface area contributed by atoms with Crippen LogP contribution in [-0.2, 0) is 0 Å². The molecule has 1 aromatic carbocycles. The summed E-state index contributed by atoms with van der Waals surface area (Å²) in [5, 5.41) is 6.81. The molecule has 3 nitrogen and oxygen atoms in total. The van der Waals surface area contributed by atoms with Crippen LogP contribution in [0.2, 0.25) is 0 Å². The predicted octanol–water partition coefficient (Wildman–Crippen LogP) is 2.42. The Kier molecular flexibility index (Phi) is 3.90. The number of aryl methyl sites for hydroxylation is 1. The maximum absolute atomic E-state index is 4.25. The van der Waals surface area contributed by atoms with Crippen molar-refractivity contribution in [3.8, 4) is 0 Å². The zero-order chi connectivity index (χ0) is 13.1. The zero-order valence-corrected chi connectivity index (χ0v) is 11.7. The van der Waals surface area contributed by atoms with Crippen LogP contribution < -0.4 is 10.6 Å². The highest BCUT2D eigenvalue weighted by atomic mass is 15.2. The third-order valence-corrected chi connectivity index (χ3v) is 3.35. The number of hydrogen-bond acceptors (Lipinski definition) is 1. The fraction of sp³-hybridized carbons (Fsp3) is 0.533. The minimum Gasteiger partial charge on any atom is -0.354 e. The summed E-state index contributed by atoms with van der Waals surface area (Å²) in [7, 11) is 1.82.